The lowest BCUT2D eigenvalue weighted by atomic mass is 10.2. The zero-order valence-electron chi connectivity index (χ0n) is 11.6. The van der Waals surface area contributed by atoms with Crippen molar-refractivity contribution < 1.29 is 4.79 Å². The summed E-state index contributed by atoms with van der Waals surface area (Å²) < 4.78 is 3.95. The molecule has 0 atom stereocenters. The van der Waals surface area contributed by atoms with Crippen LogP contribution in [0.3, 0.4) is 0 Å². The van der Waals surface area contributed by atoms with Gasteiger partial charge in [0.25, 0.3) is 0 Å². The van der Waals surface area contributed by atoms with Crippen LogP contribution in [0.15, 0.2) is 24.5 Å². The van der Waals surface area contributed by atoms with Gasteiger partial charge >= 0.3 is 0 Å². The van der Waals surface area contributed by atoms with Gasteiger partial charge in [-0.3, -0.25) is 9.48 Å². The normalized spacial score (nSPS) is 14.7. The Morgan fingerprint density at radius 3 is 3.15 bits per heavy atom. The molecule has 0 N–H and O–H groups in total. The van der Waals surface area contributed by atoms with Gasteiger partial charge in [0.15, 0.2) is 0 Å². The number of fused-ring (bicyclic) bond motifs is 1. The number of ketones is 1. The van der Waals surface area contributed by atoms with Gasteiger partial charge in [0.2, 0.25) is 5.78 Å². The van der Waals surface area contributed by atoms with Gasteiger partial charge in [-0.15, -0.1) is 0 Å². The molecule has 0 aromatic carbocycles. The van der Waals surface area contributed by atoms with Crippen LogP contribution >= 0.6 is 0 Å². The average Bonchev–Trinajstić information content (AvgIpc) is 3.10. The minimum Gasteiger partial charge on any atom is -0.334 e. The van der Waals surface area contributed by atoms with E-state index < -0.39 is 0 Å². The summed E-state index contributed by atoms with van der Waals surface area (Å²) >= 11 is 0. The van der Waals surface area contributed by atoms with Crippen LogP contribution in [-0.4, -0.2) is 25.1 Å². The van der Waals surface area contributed by atoms with Crippen molar-refractivity contribution in [3.63, 3.8) is 0 Å². The maximum absolute atomic E-state index is 12.2. The molecule has 0 saturated heterocycles. The minimum absolute atomic E-state index is 0.0456. The Balaban J connectivity index is 1.77. The van der Waals surface area contributed by atoms with Gasteiger partial charge in [0.05, 0.1) is 5.69 Å². The monoisotopic (exact) mass is 270 g/mol. The number of hydrogen-bond acceptors (Lipinski definition) is 3. The fourth-order valence-electron chi connectivity index (χ4n) is 2.53. The lowest BCUT2D eigenvalue weighted by Crippen LogP contribution is -2.08. The maximum Gasteiger partial charge on any atom is 0.205 e. The van der Waals surface area contributed by atoms with Gasteiger partial charge in [0, 0.05) is 31.9 Å². The van der Waals surface area contributed by atoms with Crippen molar-refractivity contribution in [2.24, 2.45) is 0 Å². The molecule has 1 aliphatic heterocycles. The van der Waals surface area contributed by atoms with E-state index in [4.69, 9.17) is 0 Å². The molecule has 0 fully saturated rings. The molecule has 1 aliphatic rings. The van der Waals surface area contributed by atoms with Crippen LogP contribution < -0.4 is 0 Å². The van der Waals surface area contributed by atoms with Gasteiger partial charge in [0.1, 0.15) is 11.5 Å². The predicted octanol–water partition coefficient (Wildman–Crippen LogP) is 2.33. The Kier molecular flexibility index (Phi) is 3.50. The molecule has 5 heteroatoms. The Hall–Kier alpha value is -2.17. The first-order valence-electron chi connectivity index (χ1n) is 7.08. The number of aromatic nitrogens is 4. The molecule has 20 heavy (non-hydrogen) atoms. The molecule has 3 heterocycles. The summed E-state index contributed by atoms with van der Waals surface area (Å²) in [6.07, 6.45) is 10.3. The quantitative estimate of drug-likeness (QED) is 0.633. The first-order valence-corrected chi connectivity index (χ1v) is 7.08. The Morgan fingerprint density at radius 2 is 2.35 bits per heavy atom. The summed E-state index contributed by atoms with van der Waals surface area (Å²) in [4.78, 5) is 16.6. The van der Waals surface area contributed by atoms with E-state index in [1.165, 1.54) is 6.42 Å². The fraction of sp³-hybridized carbons (Fsp3) is 0.400. The van der Waals surface area contributed by atoms with Crippen molar-refractivity contribution in [2.75, 3.05) is 0 Å². The van der Waals surface area contributed by atoms with Crippen LogP contribution in [0.5, 0.6) is 0 Å². The number of allylic oxidation sites excluding steroid dienone is 1. The highest BCUT2D eigenvalue weighted by atomic mass is 16.1. The SMILES string of the molecule is CCn1nccc1/C=C/C(=O)c1cn2c(n1)CCCC2. The Bertz CT molecular complexity index is 627. The maximum atomic E-state index is 12.2. The summed E-state index contributed by atoms with van der Waals surface area (Å²) in [6, 6.07) is 1.89. The van der Waals surface area contributed by atoms with Crippen molar-refractivity contribution in [1.29, 1.82) is 0 Å². The average molecular weight is 270 g/mol. The molecular formula is C15H18N4O. The van der Waals surface area contributed by atoms with E-state index in [1.807, 2.05) is 23.9 Å². The van der Waals surface area contributed by atoms with E-state index in [0.29, 0.717) is 5.69 Å². The summed E-state index contributed by atoms with van der Waals surface area (Å²) in [5.41, 5.74) is 1.48. The number of aryl methyl sites for hydroxylation is 3. The number of hydrogen-bond donors (Lipinski definition) is 0. The molecule has 0 spiro atoms. The number of imidazole rings is 1. The van der Waals surface area contributed by atoms with Gasteiger partial charge in [-0.2, -0.15) is 5.10 Å². The first kappa shape index (κ1) is 12.8. The molecule has 0 saturated carbocycles. The van der Waals surface area contributed by atoms with E-state index in [0.717, 1.165) is 37.4 Å². The molecule has 104 valence electrons. The van der Waals surface area contributed by atoms with E-state index in [9.17, 15) is 4.79 Å². The molecule has 5 nitrogen and oxygen atoms in total. The fourth-order valence-corrected chi connectivity index (χ4v) is 2.53. The topological polar surface area (TPSA) is 52.7 Å². The largest absolute Gasteiger partial charge is 0.334 e. The lowest BCUT2D eigenvalue weighted by molar-refractivity contribution is 0.104. The zero-order chi connectivity index (χ0) is 13.9. The third kappa shape index (κ3) is 2.43. The van der Waals surface area contributed by atoms with Crippen molar-refractivity contribution in [1.82, 2.24) is 19.3 Å². The number of rotatable bonds is 4. The van der Waals surface area contributed by atoms with E-state index in [-0.39, 0.29) is 5.78 Å². The Morgan fingerprint density at radius 1 is 1.45 bits per heavy atom. The highest BCUT2D eigenvalue weighted by molar-refractivity contribution is 6.05. The summed E-state index contributed by atoms with van der Waals surface area (Å²) in [5, 5.41) is 4.17. The number of carbonyl (C=O) groups excluding carboxylic acids is 1. The highest BCUT2D eigenvalue weighted by Crippen LogP contribution is 2.15. The third-order valence-electron chi connectivity index (χ3n) is 3.62. The predicted molar refractivity (Wildman–Crippen MR) is 76.4 cm³/mol. The smallest absolute Gasteiger partial charge is 0.205 e. The van der Waals surface area contributed by atoms with Gasteiger partial charge < -0.3 is 4.57 Å². The molecule has 2 aromatic heterocycles. The van der Waals surface area contributed by atoms with Crippen molar-refractivity contribution in [3.8, 4) is 0 Å². The molecular weight excluding hydrogens is 252 g/mol. The van der Waals surface area contributed by atoms with Crippen LogP contribution in [0.1, 0.15) is 41.8 Å². The molecule has 0 bridgehead atoms. The van der Waals surface area contributed by atoms with Gasteiger partial charge in [-0.05, 0) is 38.0 Å². The van der Waals surface area contributed by atoms with Crippen molar-refractivity contribution >= 4 is 11.9 Å². The van der Waals surface area contributed by atoms with Gasteiger partial charge in [-0.25, -0.2) is 4.98 Å². The minimum atomic E-state index is -0.0456. The van der Waals surface area contributed by atoms with Crippen LogP contribution in [0.25, 0.3) is 6.08 Å². The second kappa shape index (κ2) is 5.45. The molecule has 0 aliphatic carbocycles. The lowest BCUT2D eigenvalue weighted by Gasteiger charge is -2.11. The summed E-state index contributed by atoms with van der Waals surface area (Å²) in [7, 11) is 0. The zero-order valence-corrected chi connectivity index (χ0v) is 11.6. The van der Waals surface area contributed by atoms with E-state index in [1.54, 1.807) is 18.3 Å². The van der Waals surface area contributed by atoms with Crippen LogP contribution in [0, 0.1) is 0 Å². The number of carbonyl (C=O) groups is 1. The molecule has 0 radical (unpaired) electrons. The Labute approximate surface area is 117 Å². The highest BCUT2D eigenvalue weighted by Gasteiger charge is 2.15. The van der Waals surface area contributed by atoms with Crippen LogP contribution in [0.4, 0.5) is 0 Å². The van der Waals surface area contributed by atoms with Crippen molar-refractivity contribution in [2.45, 2.75) is 39.3 Å². The van der Waals surface area contributed by atoms with Crippen molar-refractivity contribution in [3.05, 3.63) is 41.7 Å². The van der Waals surface area contributed by atoms with Crippen LogP contribution in [0.2, 0.25) is 0 Å². The van der Waals surface area contributed by atoms with Gasteiger partial charge in [-0.1, -0.05) is 0 Å². The summed E-state index contributed by atoms with van der Waals surface area (Å²) in [6.45, 7) is 3.79. The molecule has 2 aromatic rings. The summed E-state index contributed by atoms with van der Waals surface area (Å²) in [5.74, 6) is 0.988. The second-order valence-electron chi connectivity index (χ2n) is 4.96. The van der Waals surface area contributed by atoms with E-state index >= 15 is 0 Å². The standard InChI is InChI=1S/C15H18N4O/c1-2-19-12(8-9-16-19)6-7-14(20)13-11-18-10-4-3-5-15(18)17-13/h6-9,11H,2-5,10H2,1H3/b7-6+. The van der Waals surface area contributed by atoms with E-state index in [2.05, 4.69) is 14.6 Å². The molecule has 0 unspecified atom stereocenters. The number of nitrogens with zero attached hydrogens (tertiary/aromatic N) is 4. The molecule has 3 rings (SSSR count). The second-order valence-corrected chi connectivity index (χ2v) is 4.96. The first-order chi connectivity index (χ1) is 9.78. The third-order valence-corrected chi connectivity index (χ3v) is 3.62. The molecule has 0 amide bonds. The van der Waals surface area contributed by atoms with Crippen LogP contribution in [-0.2, 0) is 19.5 Å².